The van der Waals surface area contributed by atoms with Crippen molar-refractivity contribution in [2.24, 2.45) is 0 Å². The van der Waals surface area contributed by atoms with E-state index in [4.69, 9.17) is 26.2 Å². The van der Waals surface area contributed by atoms with E-state index in [1.807, 2.05) is 0 Å². The van der Waals surface area contributed by atoms with Gasteiger partial charge in [0.05, 0.1) is 30.5 Å². The maximum Gasteiger partial charge on any atom is 0.339 e. The fourth-order valence-electron chi connectivity index (χ4n) is 1.70. The second kappa shape index (κ2) is 6.01. The van der Waals surface area contributed by atoms with Crippen molar-refractivity contribution in [1.29, 1.82) is 0 Å². The molecule has 2 N–H and O–H groups in total. The van der Waals surface area contributed by atoms with Crippen molar-refractivity contribution >= 4 is 29.2 Å². The maximum absolute atomic E-state index is 11.9. The number of benzene rings is 1. The Hall–Kier alpha value is -1.63. The summed E-state index contributed by atoms with van der Waals surface area (Å²) in [4.78, 5) is 23.0. The highest BCUT2D eigenvalue weighted by atomic mass is 35.5. The number of ether oxygens (including phenoxy) is 2. The first kappa shape index (κ1) is 13.8. The van der Waals surface area contributed by atoms with E-state index in [-0.39, 0.29) is 22.9 Å². The Labute approximate surface area is 114 Å². The molecule has 102 valence electrons. The van der Waals surface area contributed by atoms with Crippen LogP contribution in [0.25, 0.3) is 0 Å². The summed E-state index contributed by atoms with van der Waals surface area (Å²) >= 11 is 5.81. The van der Waals surface area contributed by atoms with Gasteiger partial charge in [-0.15, -0.1) is 0 Å². The van der Waals surface area contributed by atoms with Gasteiger partial charge < -0.3 is 19.9 Å². The van der Waals surface area contributed by atoms with E-state index in [0.717, 1.165) is 0 Å². The van der Waals surface area contributed by atoms with Crippen LogP contribution >= 0.6 is 11.6 Å². The van der Waals surface area contributed by atoms with Crippen molar-refractivity contribution in [3.05, 3.63) is 28.8 Å². The van der Waals surface area contributed by atoms with Gasteiger partial charge in [0.2, 0.25) is 0 Å². The summed E-state index contributed by atoms with van der Waals surface area (Å²) < 4.78 is 10.3. The Morgan fingerprint density at radius 1 is 1.37 bits per heavy atom. The molecular weight excluding hydrogens is 274 g/mol. The fraction of sp³-hybridized carbons (Fsp3) is 0.333. The summed E-state index contributed by atoms with van der Waals surface area (Å²) in [6.45, 7) is 0.926. The van der Waals surface area contributed by atoms with E-state index >= 15 is 0 Å². The summed E-state index contributed by atoms with van der Waals surface area (Å²) in [5.41, 5.74) is -0.00609. The Morgan fingerprint density at radius 2 is 2.16 bits per heavy atom. The molecule has 1 aromatic rings. The number of carbonyl (C=O) groups excluding carboxylic acids is 1. The number of nitrogens with one attached hydrogen (secondary N) is 1. The number of hydrogen-bond donors (Lipinski definition) is 2. The normalized spacial score (nSPS) is 18.9. The van der Waals surface area contributed by atoms with E-state index in [2.05, 4.69) is 5.32 Å². The lowest BCUT2D eigenvalue weighted by molar-refractivity contribution is -0.142. The number of aromatic carboxylic acids is 1. The van der Waals surface area contributed by atoms with Gasteiger partial charge in [0.1, 0.15) is 5.56 Å². The smallest absolute Gasteiger partial charge is 0.339 e. The number of carboxylic acid groups (broad SMARTS) is 1. The summed E-state index contributed by atoms with van der Waals surface area (Å²) in [5.74, 6) is -1.66. The molecule has 1 aliphatic heterocycles. The van der Waals surface area contributed by atoms with Gasteiger partial charge in [0.15, 0.2) is 6.10 Å². The van der Waals surface area contributed by atoms with Gasteiger partial charge in [-0.2, -0.15) is 0 Å². The van der Waals surface area contributed by atoms with Gasteiger partial charge in [-0.3, -0.25) is 4.79 Å². The third kappa shape index (κ3) is 3.23. The molecule has 1 saturated heterocycles. The van der Waals surface area contributed by atoms with E-state index in [0.29, 0.717) is 13.2 Å². The number of amides is 1. The van der Waals surface area contributed by atoms with E-state index in [9.17, 15) is 9.59 Å². The topological polar surface area (TPSA) is 84.9 Å². The van der Waals surface area contributed by atoms with Crippen molar-refractivity contribution in [2.45, 2.75) is 6.10 Å². The molecule has 1 unspecified atom stereocenters. The van der Waals surface area contributed by atoms with Crippen LogP contribution in [-0.2, 0) is 14.3 Å². The van der Waals surface area contributed by atoms with Gasteiger partial charge in [0.25, 0.3) is 5.91 Å². The van der Waals surface area contributed by atoms with Crippen molar-refractivity contribution in [1.82, 2.24) is 0 Å². The molecule has 19 heavy (non-hydrogen) atoms. The number of rotatable bonds is 3. The van der Waals surface area contributed by atoms with Crippen molar-refractivity contribution in [3.8, 4) is 0 Å². The lowest BCUT2D eigenvalue weighted by Crippen LogP contribution is -2.39. The number of hydrogen-bond acceptors (Lipinski definition) is 4. The second-order valence-corrected chi connectivity index (χ2v) is 4.30. The third-order valence-corrected chi connectivity index (χ3v) is 2.91. The molecule has 0 radical (unpaired) electrons. The molecule has 1 aliphatic rings. The van der Waals surface area contributed by atoms with Crippen LogP contribution in [0, 0.1) is 0 Å². The van der Waals surface area contributed by atoms with Crippen molar-refractivity contribution < 1.29 is 24.2 Å². The maximum atomic E-state index is 11.9. The first-order valence-corrected chi connectivity index (χ1v) is 5.99. The molecule has 1 fully saturated rings. The molecule has 0 aromatic heterocycles. The van der Waals surface area contributed by atoms with Gasteiger partial charge in [0, 0.05) is 0 Å². The lowest BCUT2D eigenvalue weighted by atomic mass is 10.1. The Kier molecular flexibility index (Phi) is 4.36. The van der Waals surface area contributed by atoms with E-state index in [1.54, 1.807) is 6.07 Å². The average molecular weight is 286 g/mol. The molecule has 1 atom stereocenters. The largest absolute Gasteiger partial charge is 0.478 e. The SMILES string of the molecule is O=C(O)c1c(Cl)cccc1NC(=O)C1COCCO1. The van der Waals surface area contributed by atoms with Crippen molar-refractivity contribution in [3.63, 3.8) is 0 Å². The molecule has 0 aliphatic carbocycles. The van der Waals surface area contributed by atoms with Gasteiger partial charge in [-0.05, 0) is 12.1 Å². The minimum absolute atomic E-state index is 0.0612. The molecular formula is C12H12ClNO5. The zero-order chi connectivity index (χ0) is 13.8. The molecule has 6 nitrogen and oxygen atoms in total. The van der Waals surface area contributed by atoms with Crippen molar-refractivity contribution in [2.75, 3.05) is 25.1 Å². The standard InChI is InChI=1S/C12H12ClNO5/c13-7-2-1-3-8(10(7)12(16)17)14-11(15)9-6-18-4-5-19-9/h1-3,9H,4-6H2,(H,14,15)(H,16,17). The van der Waals surface area contributed by atoms with Crippen LogP contribution in [0.2, 0.25) is 5.02 Å². The summed E-state index contributed by atoms with van der Waals surface area (Å²) in [5, 5.41) is 11.6. The number of carbonyl (C=O) groups is 2. The molecule has 0 saturated carbocycles. The highest BCUT2D eigenvalue weighted by Gasteiger charge is 2.24. The highest BCUT2D eigenvalue weighted by molar-refractivity contribution is 6.34. The van der Waals surface area contributed by atoms with E-state index < -0.39 is 18.0 Å². The predicted molar refractivity (Wildman–Crippen MR) is 67.6 cm³/mol. The van der Waals surface area contributed by atoms with Crippen LogP contribution in [0.1, 0.15) is 10.4 Å². The zero-order valence-electron chi connectivity index (χ0n) is 9.89. The predicted octanol–water partition coefficient (Wildman–Crippen LogP) is 1.39. The van der Waals surface area contributed by atoms with Gasteiger partial charge in [-0.25, -0.2) is 4.79 Å². The highest BCUT2D eigenvalue weighted by Crippen LogP contribution is 2.24. The Bertz CT molecular complexity index is 499. The average Bonchev–Trinajstić information content (AvgIpc) is 2.39. The summed E-state index contributed by atoms with van der Waals surface area (Å²) in [6.07, 6.45) is -0.741. The first-order chi connectivity index (χ1) is 9.09. The van der Waals surface area contributed by atoms with Crippen LogP contribution in [0.3, 0.4) is 0 Å². The Balaban J connectivity index is 2.16. The molecule has 2 rings (SSSR count). The van der Waals surface area contributed by atoms with Crippen LogP contribution in [-0.4, -0.2) is 42.9 Å². The molecule has 0 spiro atoms. The second-order valence-electron chi connectivity index (χ2n) is 3.89. The van der Waals surface area contributed by atoms with Gasteiger partial charge >= 0.3 is 5.97 Å². The molecule has 0 bridgehead atoms. The molecule has 1 aromatic carbocycles. The number of halogens is 1. The van der Waals surface area contributed by atoms with Gasteiger partial charge in [-0.1, -0.05) is 17.7 Å². The quantitative estimate of drug-likeness (QED) is 0.877. The van der Waals surface area contributed by atoms with Crippen LogP contribution in [0.5, 0.6) is 0 Å². The Morgan fingerprint density at radius 3 is 2.79 bits per heavy atom. The van der Waals surface area contributed by atoms with Crippen LogP contribution < -0.4 is 5.32 Å². The lowest BCUT2D eigenvalue weighted by Gasteiger charge is -2.22. The monoisotopic (exact) mass is 285 g/mol. The number of anilines is 1. The first-order valence-electron chi connectivity index (χ1n) is 5.61. The minimum Gasteiger partial charge on any atom is -0.478 e. The molecule has 7 heteroatoms. The van der Waals surface area contributed by atoms with Crippen LogP contribution in [0.15, 0.2) is 18.2 Å². The fourth-order valence-corrected chi connectivity index (χ4v) is 1.95. The summed E-state index contributed by atoms with van der Waals surface area (Å²) in [7, 11) is 0. The van der Waals surface area contributed by atoms with E-state index in [1.165, 1.54) is 12.1 Å². The number of carboxylic acids is 1. The summed E-state index contributed by atoms with van der Waals surface area (Å²) in [6, 6.07) is 4.47. The minimum atomic E-state index is -1.21. The zero-order valence-corrected chi connectivity index (χ0v) is 10.6. The molecule has 1 amide bonds. The molecule has 1 heterocycles. The third-order valence-electron chi connectivity index (χ3n) is 2.59. The van der Waals surface area contributed by atoms with Crippen LogP contribution in [0.4, 0.5) is 5.69 Å².